The number of H-pyrrole nitrogens is 1. The van der Waals surface area contributed by atoms with Gasteiger partial charge in [-0.05, 0) is 117 Å². The van der Waals surface area contributed by atoms with E-state index in [9.17, 15) is 9.90 Å². The summed E-state index contributed by atoms with van der Waals surface area (Å²) in [5.74, 6) is 1.51. The second kappa shape index (κ2) is 17.1. The Hall–Kier alpha value is -4.13. The number of fused-ring (bicyclic) bond motifs is 1. The van der Waals surface area contributed by atoms with Gasteiger partial charge in [-0.1, -0.05) is 101 Å². The number of piperidine rings is 1. The van der Waals surface area contributed by atoms with Crippen LogP contribution in [0.15, 0.2) is 90.0 Å². The number of phenolic OH excluding ortho intramolecular Hbond substituents is 1. The van der Waals surface area contributed by atoms with E-state index >= 15 is 0 Å². The van der Waals surface area contributed by atoms with Gasteiger partial charge in [0.1, 0.15) is 17.7 Å². The number of hydrogen-bond acceptors (Lipinski definition) is 8. The number of rotatable bonds is 15. The van der Waals surface area contributed by atoms with E-state index in [4.69, 9.17) is 19.2 Å². The summed E-state index contributed by atoms with van der Waals surface area (Å²) in [6.07, 6.45) is 11.9. The normalized spacial score (nSPS) is 20.6. The van der Waals surface area contributed by atoms with Crippen molar-refractivity contribution >= 4 is 19.2 Å². The molecule has 3 aliphatic rings. The van der Waals surface area contributed by atoms with Gasteiger partial charge in [0.2, 0.25) is 5.56 Å². The molecule has 1 aliphatic carbocycles. The van der Waals surface area contributed by atoms with Crippen molar-refractivity contribution < 1.29 is 14.3 Å². The largest absolute Gasteiger partial charge is 0.506 e. The van der Waals surface area contributed by atoms with Crippen LogP contribution in [0.2, 0.25) is 18.1 Å². The van der Waals surface area contributed by atoms with E-state index in [1.54, 1.807) is 12.1 Å². The molecule has 2 saturated heterocycles. The van der Waals surface area contributed by atoms with Gasteiger partial charge in [0, 0.05) is 31.1 Å². The summed E-state index contributed by atoms with van der Waals surface area (Å²) in [5.41, 5.74) is 4.41. The number of hydrogen-bond donors (Lipinski definition) is 3. The number of ether oxygens (including phenoxy) is 1. The summed E-state index contributed by atoms with van der Waals surface area (Å²) in [6, 6.07) is 26.7. The molecule has 314 valence electrons. The Morgan fingerprint density at radius 2 is 1.66 bits per heavy atom. The number of nitrogens with zero attached hydrogens (tertiary/aromatic N) is 4. The number of benzene rings is 3. The van der Waals surface area contributed by atoms with Crippen LogP contribution in [0.25, 0.3) is 10.9 Å². The van der Waals surface area contributed by atoms with Crippen molar-refractivity contribution in [2.75, 3.05) is 32.7 Å². The number of nitrogens with one attached hydrogen (secondary N) is 2. The van der Waals surface area contributed by atoms with E-state index < -0.39 is 13.9 Å². The Balaban J connectivity index is 0.799. The summed E-state index contributed by atoms with van der Waals surface area (Å²) in [7, 11) is -2.14. The number of pyridine rings is 1. The van der Waals surface area contributed by atoms with Gasteiger partial charge in [-0.25, -0.2) is 4.98 Å². The molecule has 3 fully saturated rings. The zero-order valence-electron chi connectivity index (χ0n) is 35.8. The third-order valence-electron chi connectivity index (χ3n) is 14.0. The van der Waals surface area contributed by atoms with Crippen LogP contribution in [0, 0.1) is 5.92 Å². The van der Waals surface area contributed by atoms with Crippen LogP contribution in [0.1, 0.15) is 99.9 Å². The molecule has 3 N–H and O–H groups in total. The monoisotopic (exact) mass is 816 g/mol. The van der Waals surface area contributed by atoms with E-state index in [2.05, 4.69) is 108 Å². The number of aromatic nitrogens is 4. The van der Waals surface area contributed by atoms with Gasteiger partial charge in [0.15, 0.2) is 19.7 Å². The predicted octanol–water partition coefficient (Wildman–Crippen LogP) is 8.65. The van der Waals surface area contributed by atoms with E-state index in [0.29, 0.717) is 18.0 Å². The lowest BCUT2D eigenvalue weighted by Gasteiger charge is -2.39. The summed E-state index contributed by atoms with van der Waals surface area (Å²) < 4.78 is 15.8. The van der Waals surface area contributed by atoms with E-state index in [-0.39, 0.29) is 28.1 Å². The molecule has 0 radical (unpaired) electrons. The van der Waals surface area contributed by atoms with Crippen molar-refractivity contribution in [2.45, 2.75) is 121 Å². The third-order valence-corrected chi connectivity index (χ3v) is 18.4. The predicted molar refractivity (Wildman–Crippen MR) is 237 cm³/mol. The quantitative estimate of drug-likeness (QED) is 0.0546. The van der Waals surface area contributed by atoms with Crippen LogP contribution in [-0.4, -0.2) is 76.4 Å². The van der Waals surface area contributed by atoms with Gasteiger partial charge in [-0.2, -0.15) is 5.10 Å². The molecule has 2 atom stereocenters. The first-order valence-electron chi connectivity index (χ1n) is 22.1. The SMILES string of the molecule is CC(C)(C)[Si](C)(C)O[C@@H](CNCCc1ccc(CCN2CCC(Cn3cnc([C@@]4(c5ccccc5)OC45CCCCC5)n3)CC2)cc1)c1ccc(O)c2[nH]c(=O)ccc12. The fourth-order valence-corrected chi connectivity index (χ4v) is 10.6. The lowest BCUT2D eigenvalue weighted by Crippen LogP contribution is -2.43. The van der Waals surface area contributed by atoms with Crippen molar-refractivity contribution in [1.29, 1.82) is 0 Å². The van der Waals surface area contributed by atoms with Crippen molar-refractivity contribution in [3.05, 3.63) is 124 Å². The minimum absolute atomic E-state index is 0.0332. The number of aromatic amines is 1. The van der Waals surface area contributed by atoms with Crippen molar-refractivity contribution in [3.63, 3.8) is 0 Å². The van der Waals surface area contributed by atoms with Gasteiger partial charge in [0.25, 0.3) is 0 Å². The number of phenols is 1. The standard InChI is InChI=1S/C48H64N6O4Si/c1-46(2,3)59(4,5)57-42(39-18-20-41(55)44-40(39)19-21-43(56)51-44)32-49-28-22-35-14-16-36(17-15-35)23-29-53-30-24-37(25-31-53)33-54-34-50-45(52-54)48(38-12-8-6-9-13-38)47(58-48)26-10-7-11-27-47/h6,8-9,12-21,34,37,42,49,55H,7,10-11,22-33H2,1-5H3,(H,51,56)/t42-,48+/m0/s1. The molecule has 8 rings (SSSR count). The number of aromatic hydroxyl groups is 1. The lowest BCUT2D eigenvalue weighted by molar-refractivity contribution is 0.172. The van der Waals surface area contributed by atoms with Crippen molar-refractivity contribution in [3.8, 4) is 5.75 Å². The Morgan fingerprint density at radius 1 is 0.949 bits per heavy atom. The van der Waals surface area contributed by atoms with Crippen LogP contribution in [0.5, 0.6) is 5.75 Å². The van der Waals surface area contributed by atoms with Crippen molar-refractivity contribution in [1.82, 2.24) is 30.0 Å². The van der Waals surface area contributed by atoms with Crippen molar-refractivity contribution in [2.24, 2.45) is 5.92 Å². The van der Waals surface area contributed by atoms with Gasteiger partial charge in [0.05, 0.1) is 11.6 Å². The summed E-state index contributed by atoms with van der Waals surface area (Å²) in [4.78, 5) is 22.4. The Labute approximate surface area is 350 Å². The maximum atomic E-state index is 12.1. The smallest absolute Gasteiger partial charge is 0.248 e. The first-order valence-corrected chi connectivity index (χ1v) is 25.0. The molecule has 0 bridgehead atoms. The topological polar surface area (TPSA) is 121 Å². The first kappa shape index (κ1) is 41.6. The third kappa shape index (κ3) is 8.86. The fourth-order valence-electron chi connectivity index (χ4n) is 9.33. The molecule has 3 aromatic carbocycles. The van der Waals surface area contributed by atoms with Gasteiger partial charge in [-0.3, -0.25) is 9.48 Å². The zero-order valence-corrected chi connectivity index (χ0v) is 36.8. The highest BCUT2D eigenvalue weighted by Crippen LogP contribution is 2.65. The van der Waals surface area contributed by atoms with Crippen LogP contribution < -0.4 is 10.9 Å². The second-order valence-corrected chi connectivity index (χ2v) is 23.7. The Morgan fingerprint density at radius 3 is 2.37 bits per heavy atom. The number of epoxide rings is 1. The summed E-state index contributed by atoms with van der Waals surface area (Å²) in [5, 5.41) is 20.1. The second-order valence-electron chi connectivity index (χ2n) is 19.0. The number of likely N-dealkylation sites (tertiary alicyclic amines) is 1. The van der Waals surface area contributed by atoms with Gasteiger partial charge < -0.3 is 29.5 Å². The molecule has 59 heavy (non-hydrogen) atoms. The highest BCUT2D eigenvalue weighted by Gasteiger charge is 2.73. The van der Waals surface area contributed by atoms with Gasteiger partial charge >= 0.3 is 0 Å². The summed E-state index contributed by atoms with van der Waals surface area (Å²) in [6.45, 7) is 16.9. The molecule has 2 aromatic heterocycles. The molecular weight excluding hydrogens is 753 g/mol. The molecular formula is C48H64N6O4Si. The van der Waals surface area contributed by atoms with Crippen LogP contribution in [0.4, 0.5) is 0 Å². The van der Waals surface area contributed by atoms with Crippen LogP contribution >= 0.6 is 0 Å². The molecule has 11 heteroatoms. The Kier molecular flexibility index (Phi) is 12.0. The van der Waals surface area contributed by atoms with Crippen LogP contribution in [-0.2, 0) is 34.2 Å². The average Bonchev–Trinajstić information content (AvgIpc) is 3.60. The highest BCUT2D eigenvalue weighted by molar-refractivity contribution is 6.74. The molecule has 10 nitrogen and oxygen atoms in total. The lowest BCUT2D eigenvalue weighted by atomic mass is 9.76. The first-order chi connectivity index (χ1) is 28.4. The maximum absolute atomic E-state index is 12.1. The molecule has 0 unspecified atom stereocenters. The minimum atomic E-state index is -2.14. The molecule has 0 amide bonds. The molecule has 4 heterocycles. The summed E-state index contributed by atoms with van der Waals surface area (Å²) >= 11 is 0. The highest BCUT2D eigenvalue weighted by atomic mass is 28.4. The van der Waals surface area contributed by atoms with E-state index in [1.807, 2.05) is 12.4 Å². The fraction of sp³-hybridized carbons (Fsp3) is 0.521. The van der Waals surface area contributed by atoms with Gasteiger partial charge in [-0.15, -0.1) is 0 Å². The zero-order chi connectivity index (χ0) is 41.3. The van der Waals surface area contributed by atoms with E-state index in [1.165, 1.54) is 54.9 Å². The Bertz CT molecular complexity index is 2240. The molecule has 1 saturated carbocycles. The average molecular weight is 817 g/mol. The van der Waals surface area contributed by atoms with E-state index in [0.717, 1.165) is 75.2 Å². The maximum Gasteiger partial charge on any atom is 0.248 e. The van der Waals surface area contributed by atoms with Crippen LogP contribution in [0.3, 0.4) is 0 Å². The minimum Gasteiger partial charge on any atom is -0.506 e. The molecule has 1 spiro atoms. The molecule has 5 aromatic rings. The molecule has 2 aliphatic heterocycles.